The van der Waals surface area contributed by atoms with Crippen molar-refractivity contribution in [3.8, 4) is 0 Å². The molecule has 0 aliphatic heterocycles. The van der Waals surface area contributed by atoms with Crippen molar-refractivity contribution in [3.63, 3.8) is 0 Å². The Balaban J connectivity index is 2.25. The van der Waals surface area contributed by atoms with Gasteiger partial charge >= 0.3 is 0 Å². The van der Waals surface area contributed by atoms with E-state index in [-0.39, 0.29) is 0 Å². The van der Waals surface area contributed by atoms with E-state index < -0.39 is 0 Å². The largest absolute Gasteiger partial charge is 0.380 e. The van der Waals surface area contributed by atoms with E-state index in [2.05, 4.69) is 45.0 Å². The molecule has 3 nitrogen and oxygen atoms in total. The summed E-state index contributed by atoms with van der Waals surface area (Å²) in [7, 11) is 2.24. The van der Waals surface area contributed by atoms with E-state index in [1.807, 2.05) is 0 Å². The molecule has 0 aromatic rings. The highest BCUT2D eigenvalue weighted by Crippen LogP contribution is 2.29. The van der Waals surface area contributed by atoms with Gasteiger partial charge in [0.25, 0.3) is 0 Å². The highest BCUT2D eigenvalue weighted by atomic mass is 16.5. The van der Waals surface area contributed by atoms with Gasteiger partial charge in [-0.3, -0.25) is 0 Å². The van der Waals surface area contributed by atoms with Crippen molar-refractivity contribution in [1.29, 1.82) is 0 Å². The molecule has 1 aliphatic carbocycles. The number of hydrogen-bond acceptors (Lipinski definition) is 3. The van der Waals surface area contributed by atoms with E-state index >= 15 is 0 Å². The SMILES string of the molecule is CCC(CC)(CNCC(C)C)CN(C)CCOCC1CC1. The molecule has 3 heteroatoms. The molecular formula is C18H38N2O. The lowest BCUT2D eigenvalue weighted by molar-refractivity contribution is 0.0830. The minimum absolute atomic E-state index is 0.403. The molecule has 1 saturated carbocycles. The normalized spacial score (nSPS) is 16.1. The molecule has 0 aromatic heterocycles. The predicted octanol–water partition coefficient (Wildman–Crippen LogP) is 3.40. The topological polar surface area (TPSA) is 24.5 Å². The van der Waals surface area contributed by atoms with Gasteiger partial charge in [0.15, 0.2) is 0 Å². The molecule has 126 valence electrons. The van der Waals surface area contributed by atoms with Gasteiger partial charge in [-0.05, 0) is 56.5 Å². The Bertz CT molecular complexity index is 260. The maximum Gasteiger partial charge on any atom is 0.0593 e. The minimum Gasteiger partial charge on any atom is -0.380 e. The molecule has 1 fully saturated rings. The zero-order valence-electron chi connectivity index (χ0n) is 15.1. The first-order valence-corrected chi connectivity index (χ1v) is 8.98. The van der Waals surface area contributed by atoms with Crippen molar-refractivity contribution < 1.29 is 4.74 Å². The summed E-state index contributed by atoms with van der Waals surface area (Å²) in [6.07, 6.45) is 5.24. The first kappa shape index (κ1) is 18.9. The summed E-state index contributed by atoms with van der Waals surface area (Å²) in [5.74, 6) is 1.60. The smallest absolute Gasteiger partial charge is 0.0593 e. The van der Waals surface area contributed by atoms with Crippen LogP contribution in [0.25, 0.3) is 0 Å². The van der Waals surface area contributed by atoms with Crippen LogP contribution in [-0.4, -0.2) is 51.3 Å². The summed E-state index contributed by atoms with van der Waals surface area (Å²) >= 11 is 0. The number of rotatable bonds is 13. The van der Waals surface area contributed by atoms with Crippen molar-refractivity contribution >= 4 is 0 Å². The summed E-state index contributed by atoms with van der Waals surface area (Å²) in [5, 5.41) is 3.67. The minimum atomic E-state index is 0.403. The molecule has 1 aliphatic rings. The van der Waals surface area contributed by atoms with Crippen LogP contribution in [0.15, 0.2) is 0 Å². The Morgan fingerprint density at radius 3 is 2.43 bits per heavy atom. The highest BCUT2D eigenvalue weighted by Gasteiger charge is 2.27. The third kappa shape index (κ3) is 8.18. The Kier molecular flexibility index (Phi) is 8.84. The zero-order chi connectivity index (χ0) is 15.7. The lowest BCUT2D eigenvalue weighted by Crippen LogP contribution is -2.44. The number of nitrogens with one attached hydrogen (secondary N) is 1. The number of likely N-dealkylation sites (N-methyl/N-ethyl adjacent to an activating group) is 1. The molecule has 0 aromatic carbocycles. The van der Waals surface area contributed by atoms with Crippen LogP contribution in [0.1, 0.15) is 53.4 Å². The van der Waals surface area contributed by atoms with Gasteiger partial charge in [-0.15, -0.1) is 0 Å². The van der Waals surface area contributed by atoms with Gasteiger partial charge in [0.1, 0.15) is 0 Å². The molecule has 0 heterocycles. The van der Waals surface area contributed by atoms with E-state index in [0.29, 0.717) is 5.41 Å². The molecule has 21 heavy (non-hydrogen) atoms. The third-order valence-electron chi connectivity index (χ3n) is 4.83. The number of ether oxygens (including phenoxy) is 1. The van der Waals surface area contributed by atoms with Gasteiger partial charge in [0.05, 0.1) is 6.61 Å². The standard InChI is InChI=1S/C18H38N2O/c1-6-18(7-2,14-19-12-16(3)4)15-20(5)10-11-21-13-17-8-9-17/h16-17,19H,6-15H2,1-5H3. The molecule has 0 spiro atoms. The fourth-order valence-corrected chi connectivity index (χ4v) is 2.81. The second-order valence-corrected chi connectivity index (χ2v) is 7.49. The molecule has 0 radical (unpaired) electrons. The van der Waals surface area contributed by atoms with E-state index in [0.717, 1.165) is 51.2 Å². The molecular weight excluding hydrogens is 260 g/mol. The van der Waals surface area contributed by atoms with E-state index in [9.17, 15) is 0 Å². The Morgan fingerprint density at radius 2 is 1.90 bits per heavy atom. The Hall–Kier alpha value is -0.120. The molecule has 1 N–H and O–H groups in total. The number of nitrogens with zero attached hydrogens (tertiary/aromatic N) is 1. The van der Waals surface area contributed by atoms with Crippen LogP contribution < -0.4 is 5.32 Å². The molecule has 0 unspecified atom stereocenters. The molecule has 1 rings (SSSR count). The van der Waals surface area contributed by atoms with Crippen LogP contribution in [0.4, 0.5) is 0 Å². The first-order chi connectivity index (χ1) is 10.0. The maximum absolute atomic E-state index is 5.77. The predicted molar refractivity (Wildman–Crippen MR) is 91.8 cm³/mol. The molecule has 0 saturated heterocycles. The monoisotopic (exact) mass is 298 g/mol. The van der Waals surface area contributed by atoms with E-state index in [1.54, 1.807) is 0 Å². The molecule has 0 atom stereocenters. The molecule has 0 bridgehead atoms. The van der Waals surface area contributed by atoms with Crippen LogP contribution in [0.2, 0.25) is 0 Å². The summed E-state index contributed by atoms with van der Waals surface area (Å²) in [4.78, 5) is 2.46. The van der Waals surface area contributed by atoms with Gasteiger partial charge in [-0.1, -0.05) is 27.7 Å². The van der Waals surface area contributed by atoms with E-state index in [1.165, 1.54) is 25.7 Å². The quantitative estimate of drug-likeness (QED) is 0.527. The lowest BCUT2D eigenvalue weighted by atomic mass is 9.81. The third-order valence-corrected chi connectivity index (χ3v) is 4.83. The summed E-state index contributed by atoms with van der Waals surface area (Å²) < 4.78 is 5.77. The van der Waals surface area contributed by atoms with Crippen molar-refractivity contribution in [2.24, 2.45) is 17.3 Å². The average molecular weight is 299 g/mol. The van der Waals surface area contributed by atoms with Crippen molar-refractivity contribution in [1.82, 2.24) is 10.2 Å². The van der Waals surface area contributed by atoms with E-state index in [4.69, 9.17) is 4.74 Å². The lowest BCUT2D eigenvalue weighted by Gasteiger charge is -2.36. The van der Waals surface area contributed by atoms with Crippen molar-refractivity contribution in [2.75, 3.05) is 46.4 Å². The second kappa shape index (κ2) is 9.81. The van der Waals surface area contributed by atoms with Gasteiger partial charge in [-0.2, -0.15) is 0 Å². The van der Waals surface area contributed by atoms with Crippen LogP contribution in [0, 0.1) is 17.3 Å². The fourth-order valence-electron chi connectivity index (χ4n) is 2.81. The van der Waals surface area contributed by atoms with Crippen LogP contribution in [0.3, 0.4) is 0 Å². The number of hydrogen-bond donors (Lipinski definition) is 1. The first-order valence-electron chi connectivity index (χ1n) is 8.98. The average Bonchev–Trinajstić information content (AvgIpc) is 3.26. The van der Waals surface area contributed by atoms with Gasteiger partial charge in [0, 0.05) is 26.2 Å². The van der Waals surface area contributed by atoms with Crippen LogP contribution >= 0.6 is 0 Å². The second-order valence-electron chi connectivity index (χ2n) is 7.49. The van der Waals surface area contributed by atoms with Crippen molar-refractivity contribution in [3.05, 3.63) is 0 Å². The summed E-state index contributed by atoms with van der Waals surface area (Å²) in [6, 6.07) is 0. The summed E-state index contributed by atoms with van der Waals surface area (Å²) in [6.45, 7) is 15.5. The van der Waals surface area contributed by atoms with Crippen LogP contribution in [0.5, 0.6) is 0 Å². The van der Waals surface area contributed by atoms with Gasteiger partial charge in [0.2, 0.25) is 0 Å². The zero-order valence-corrected chi connectivity index (χ0v) is 15.1. The summed E-state index contributed by atoms with van der Waals surface area (Å²) in [5.41, 5.74) is 0.403. The highest BCUT2D eigenvalue weighted by molar-refractivity contribution is 4.82. The fraction of sp³-hybridized carbons (Fsp3) is 1.00. The van der Waals surface area contributed by atoms with Gasteiger partial charge in [-0.25, -0.2) is 0 Å². The molecule has 0 amide bonds. The Morgan fingerprint density at radius 1 is 1.24 bits per heavy atom. The van der Waals surface area contributed by atoms with Crippen molar-refractivity contribution in [2.45, 2.75) is 53.4 Å². The maximum atomic E-state index is 5.77. The van der Waals surface area contributed by atoms with Crippen LogP contribution in [-0.2, 0) is 4.74 Å². The van der Waals surface area contributed by atoms with Gasteiger partial charge < -0.3 is 15.0 Å². The Labute approximate surface area is 132 Å².